The quantitative estimate of drug-likeness (QED) is 0.773. The first-order valence-corrected chi connectivity index (χ1v) is 5.61. The Hall–Kier alpha value is -0.760. The molecule has 0 radical (unpaired) electrons. The van der Waals surface area contributed by atoms with Crippen molar-refractivity contribution < 1.29 is 4.42 Å². The second-order valence-corrected chi connectivity index (χ2v) is 4.87. The van der Waals surface area contributed by atoms with E-state index in [-0.39, 0.29) is 0 Å². The summed E-state index contributed by atoms with van der Waals surface area (Å²) in [6.45, 7) is 2.17. The van der Waals surface area contributed by atoms with Crippen molar-refractivity contribution in [3.63, 3.8) is 0 Å². The molecule has 2 heteroatoms. The van der Waals surface area contributed by atoms with Crippen molar-refractivity contribution >= 4 is 0 Å². The highest BCUT2D eigenvalue weighted by Crippen LogP contribution is 2.60. The SMILES string of the molecule is c1cc(CNCC2(C3CC3)CC2)co1. The van der Waals surface area contributed by atoms with Gasteiger partial charge in [-0.2, -0.15) is 0 Å². The smallest absolute Gasteiger partial charge is 0.0947 e. The van der Waals surface area contributed by atoms with Crippen LogP contribution in [0.1, 0.15) is 31.2 Å². The maximum absolute atomic E-state index is 5.03. The minimum absolute atomic E-state index is 0.712. The van der Waals surface area contributed by atoms with Crippen molar-refractivity contribution in [2.24, 2.45) is 11.3 Å². The van der Waals surface area contributed by atoms with Gasteiger partial charge in [0.15, 0.2) is 0 Å². The van der Waals surface area contributed by atoms with Crippen LogP contribution in [0.15, 0.2) is 23.0 Å². The Kier molecular flexibility index (Phi) is 1.91. The molecule has 2 aliphatic rings. The van der Waals surface area contributed by atoms with E-state index in [1.54, 1.807) is 6.26 Å². The molecule has 0 bridgehead atoms. The zero-order valence-corrected chi connectivity index (χ0v) is 8.46. The summed E-state index contributed by atoms with van der Waals surface area (Å²) >= 11 is 0. The van der Waals surface area contributed by atoms with Crippen LogP contribution in [0.4, 0.5) is 0 Å². The molecule has 1 aromatic heterocycles. The van der Waals surface area contributed by atoms with Gasteiger partial charge in [0, 0.05) is 18.7 Å². The van der Waals surface area contributed by atoms with E-state index in [1.165, 1.54) is 37.8 Å². The van der Waals surface area contributed by atoms with Crippen LogP contribution >= 0.6 is 0 Å². The van der Waals surface area contributed by atoms with Crippen LogP contribution in [0.25, 0.3) is 0 Å². The predicted octanol–water partition coefficient (Wildman–Crippen LogP) is 2.56. The minimum Gasteiger partial charge on any atom is -0.472 e. The number of furan rings is 1. The van der Waals surface area contributed by atoms with E-state index in [0.717, 1.165) is 12.5 Å². The molecule has 1 heterocycles. The van der Waals surface area contributed by atoms with Gasteiger partial charge in [0.05, 0.1) is 12.5 Å². The molecule has 2 saturated carbocycles. The average Bonchev–Trinajstić information content (AvgIpc) is 3.07. The van der Waals surface area contributed by atoms with Gasteiger partial charge in [-0.15, -0.1) is 0 Å². The van der Waals surface area contributed by atoms with Gasteiger partial charge in [-0.05, 0) is 43.1 Å². The van der Waals surface area contributed by atoms with Crippen molar-refractivity contribution in [2.45, 2.75) is 32.2 Å². The Labute approximate surface area is 84.7 Å². The van der Waals surface area contributed by atoms with E-state index in [9.17, 15) is 0 Å². The van der Waals surface area contributed by atoms with Crippen LogP contribution < -0.4 is 5.32 Å². The van der Waals surface area contributed by atoms with Crippen LogP contribution in [0.5, 0.6) is 0 Å². The van der Waals surface area contributed by atoms with Crippen molar-refractivity contribution in [1.82, 2.24) is 5.32 Å². The second kappa shape index (κ2) is 3.13. The van der Waals surface area contributed by atoms with Crippen molar-refractivity contribution in [2.75, 3.05) is 6.54 Å². The summed E-state index contributed by atoms with van der Waals surface area (Å²) in [5.41, 5.74) is 1.97. The summed E-state index contributed by atoms with van der Waals surface area (Å²) < 4.78 is 5.03. The van der Waals surface area contributed by atoms with Gasteiger partial charge < -0.3 is 9.73 Å². The molecular weight excluding hydrogens is 174 g/mol. The van der Waals surface area contributed by atoms with Gasteiger partial charge in [-0.25, -0.2) is 0 Å². The van der Waals surface area contributed by atoms with Gasteiger partial charge in [0.25, 0.3) is 0 Å². The Balaban J connectivity index is 1.46. The lowest BCUT2D eigenvalue weighted by Gasteiger charge is -2.14. The summed E-state index contributed by atoms with van der Waals surface area (Å²) in [6.07, 6.45) is 9.43. The molecule has 14 heavy (non-hydrogen) atoms. The molecule has 0 atom stereocenters. The van der Waals surface area contributed by atoms with Gasteiger partial charge in [-0.3, -0.25) is 0 Å². The molecule has 76 valence electrons. The van der Waals surface area contributed by atoms with Crippen LogP contribution in [-0.2, 0) is 6.54 Å². The first-order chi connectivity index (χ1) is 6.89. The predicted molar refractivity (Wildman–Crippen MR) is 54.8 cm³/mol. The van der Waals surface area contributed by atoms with Gasteiger partial charge in [-0.1, -0.05) is 0 Å². The van der Waals surface area contributed by atoms with Crippen LogP contribution in [0.3, 0.4) is 0 Å². The Morgan fingerprint density at radius 2 is 2.29 bits per heavy atom. The Bertz CT molecular complexity index is 296. The Morgan fingerprint density at radius 1 is 1.43 bits per heavy atom. The highest BCUT2D eigenvalue weighted by Gasteiger charge is 2.53. The van der Waals surface area contributed by atoms with Crippen molar-refractivity contribution in [3.05, 3.63) is 24.2 Å². The molecule has 1 aromatic rings. The van der Waals surface area contributed by atoms with E-state index < -0.39 is 0 Å². The molecule has 2 aliphatic carbocycles. The van der Waals surface area contributed by atoms with E-state index in [4.69, 9.17) is 4.42 Å². The average molecular weight is 191 g/mol. The van der Waals surface area contributed by atoms with E-state index >= 15 is 0 Å². The lowest BCUT2D eigenvalue weighted by atomic mass is 10.0. The molecule has 1 N–H and O–H groups in total. The molecule has 0 unspecified atom stereocenters. The molecular formula is C12H17NO. The fraction of sp³-hybridized carbons (Fsp3) is 0.667. The Morgan fingerprint density at radius 3 is 2.86 bits per heavy atom. The van der Waals surface area contributed by atoms with Crippen LogP contribution in [0.2, 0.25) is 0 Å². The van der Waals surface area contributed by atoms with E-state index in [2.05, 4.69) is 5.32 Å². The first kappa shape index (κ1) is 8.54. The molecule has 0 aromatic carbocycles. The van der Waals surface area contributed by atoms with Crippen molar-refractivity contribution in [1.29, 1.82) is 0 Å². The molecule has 2 nitrogen and oxygen atoms in total. The third-order valence-electron chi connectivity index (χ3n) is 3.72. The third-order valence-corrected chi connectivity index (χ3v) is 3.72. The fourth-order valence-electron chi connectivity index (χ4n) is 2.43. The first-order valence-electron chi connectivity index (χ1n) is 5.61. The summed E-state index contributed by atoms with van der Waals surface area (Å²) in [7, 11) is 0. The number of rotatable bonds is 5. The van der Waals surface area contributed by atoms with Crippen LogP contribution in [-0.4, -0.2) is 6.54 Å². The molecule has 3 rings (SSSR count). The minimum atomic E-state index is 0.712. The standard InChI is InChI=1S/C12H17NO/c1-2-11(1)12(4-5-12)9-13-7-10-3-6-14-8-10/h3,6,8,11,13H,1-2,4-5,7,9H2. The zero-order valence-electron chi connectivity index (χ0n) is 8.46. The summed E-state index contributed by atoms with van der Waals surface area (Å²) in [5.74, 6) is 1.05. The third kappa shape index (κ3) is 1.59. The lowest BCUT2D eigenvalue weighted by Crippen LogP contribution is -2.24. The highest BCUT2D eigenvalue weighted by atomic mass is 16.3. The maximum atomic E-state index is 5.03. The maximum Gasteiger partial charge on any atom is 0.0947 e. The zero-order chi connectivity index (χ0) is 9.43. The normalized spacial score (nSPS) is 23.7. The molecule has 0 amide bonds. The topological polar surface area (TPSA) is 25.2 Å². The molecule has 0 spiro atoms. The monoisotopic (exact) mass is 191 g/mol. The summed E-state index contributed by atoms with van der Waals surface area (Å²) in [6, 6.07) is 2.03. The van der Waals surface area contributed by atoms with Gasteiger partial charge in [0.1, 0.15) is 0 Å². The van der Waals surface area contributed by atoms with Gasteiger partial charge >= 0.3 is 0 Å². The highest BCUT2D eigenvalue weighted by molar-refractivity contribution is 5.07. The largest absolute Gasteiger partial charge is 0.472 e. The summed E-state index contributed by atoms with van der Waals surface area (Å²) in [5, 5.41) is 3.55. The fourth-order valence-corrected chi connectivity index (χ4v) is 2.43. The summed E-state index contributed by atoms with van der Waals surface area (Å²) in [4.78, 5) is 0. The van der Waals surface area contributed by atoms with Gasteiger partial charge in [0.2, 0.25) is 0 Å². The molecule has 0 saturated heterocycles. The number of hydrogen-bond acceptors (Lipinski definition) is 2. The second-order valence-electron chi connectivity index (χ2n) is 4.87. The van der Waals surface area contributed by atoms with E-state index in [1.807, 2.05) is 12.3 Å². The van der Waals surface area contributed by atoms with E-state index in [0.29, 0.717) is 5.41 Å². The van der Waals surface area contributed by atoms with Crippen LogP contribution in [0, 0.1) is 11.3 Å². The number of hydrogen-bond donors (Lipinski definition) is 1. The molecule has 2 fully saturated rings. The lowest BCUT2D eigenvalue weighted by molar-refractivity contribution is 0.403. The number of nitrogens with one attached hydrogen (secondary N) is 1. The molecule has 0 aliphatic heterocycles. The van der Waals surface area contributed by atoms with Crippen molar-refractivity contribution in [3.8, 4) is 0 Å².